The number of nitrogens with one attached hydrogen (secondary N) is 1. The fraction of sp³-hybridized carbons (Fsp3) is 0.720. The van der Waals surface area contributed by atoms with Gasteiger partial charge in [0.05, 0.1) is 10.5 Å². The van der Waals surface area contributed by atoms with Crippen LogP contribution >= 0.6 is 0 Å². The van der Waals surface area contributed by atoms with Gasteiger partial charge in [-0.25, -0.2) is 12.7 Å². The average molecular weight is 460 g/mol. The molecule has 0 radical (unpaired) electrons. The van der Waals surface area contributed by atoms with Crippen LogP contribution in [0.5, 0.6) is 0 Å². The van der Waals surface area contributed by atoms with E-state index in [1.165, 1.54) is 56.9 Å². The topological polar surface area (TPSA) is 69.7 Å². The van der Waals surface area contributed by atoms with Gasteiger partial charge in [0, 0.05) is 38.9 Å². The van der Waals surface area contributed by atoms with Crippen molar-refractivity contribution in [3.05, 3.63) is 23.8 Å². The number of benzene rings is 1. The normalized spacial score (nSPS) is 32.5. The van der Waals surface area contributed by atoms with Crippen molar-refractivity contribution in [2.75, 3.05) is 32.1 Å². The highest BCUT2D eigenvalue weighted by molar-refractivity contribution is 7.89. The maximum atomic E-state index is 13.6. The molecule has 7 heteroatoms. The number of nitrogens with zero attached hydrogens (tertiary/aromatic N) is 2. The van der Waals surface area contributed by atoms with E-state index in [1.807, 2.05) is 6.07 Å². The molecular formula is C25H37N3O3S. The molecule has 6 nitrogen and oxygen atoms in total. The van der Waals surface area contributed by atoms with Gasteiger partial charge in [-0.2, -0.15) is 0 Å². The number of hydrogen-bond donors (Lipinski definition) is 1. The SMILES string of the molecule is CC(NC(=O)c1cc(S(=O)(=O)N(C)C)ccc1N1CCCC1)C12CC3CC(CC(C3)C1)C2. The third-order valence-electron chi connectivity index (χ3n) is 8.79. The van der Waals surface area contributed by atoms with E-state index >= 15 is 0 Å². The predicted molar refractivity (Wildman–Crippen MR) is 126 cm³/mol. The second-order valence-electron chi connectivity index (χ2n) is 11.1. The third-order valence-corrected chi connectivity index (χ3v) is 10.6. The molecule has 1 aromatic rings. The Morgan fingerprint density at radius 2 is 1.62 bits per heavy atom. The first-order valence-electron chi connectivity index (χ1n) is 12.3. The predicted octanol–water partition coefficient (Wildman–Crippen LogP) is 3.87. The second kappa shape index (κ2) is 8.01. The molecule has 4 bridgehead atoms. The van der Waals surface area contributed by atoms with E-state index < -0.39 is 10.0 Å². The molecule has 32 heavy (non-hydrogen) atoms. The van der Waals surface area contributed by atoms with Crippen molar-refractivity contribution in [1.29, 1.82) is 0 Å². The van der Waals surface area contributed by atoms with Crippen LogP contribution in [0.1, 0.15) is 68.6 Å². The quantitative estimate of drug-likeness (QED) is 0.701. The Bertz CT molecular complexity index is 962. The van der Waals surface area contributed by atoms with Crippen molar-refractivity contribution >= 4 is 21.6 Å². The summed E-state index contributed by atoms with van der Waals surface area (Å²) >= 11 is 0. The Morgan fingerprint density at radius 1 is 1.06 bits per heavy atom. The van der Waals surface area contributed by atoms with Crippen molar-refractivity contribution in [2.45, 2.75) is 69.2 Å². The summed E-state index contributed by atoms with van der Waals surface area (Å²) in [4.78, 5) is 16.0. The Labute approximate surface area is 192 Å². The summed E-state index contributed by atoms with van der Waals surface area (Å²) in [5.41, 5.74) is 1.56. The third kappa shape index (κ3) is 3.75. The van der Waals surface area contributed by atoms with Gasteiger partial charge in [-0.15, -0.1) is 0 Å². The zero-order chi connectivity index (χ0) is 22.7. The number of hydrogen-bond acceptors (Lipinski definition) is 4. The van der Waals surface area contributed by atoms with E-state index in [9.17, 15) is 13.2 Å². The number of sulfonamides is 1. The molecule has 1 aromatic carbocycles. The molecule has 0 aromatic heterocycles. The first-order valence-corrected chi connectivity index (χ1v) is 13.7. The molecule has 5 fully saturated rings. The van der Waals surface area contributed by atoms with Crippen LogP contribution in [0.15, 0.2) is 23.1 Å². The summed E-state index contributed by atoms with van der Waals surface area (Å²) in [6.07, 6.45) is 10.0. The molecule has 5 aliphatic rings. The summed E-state index contributed by atoms with van der Waals surface area (Å²) in [7, 11) is -0.551. The zero-order valence-corrected chi connectivity index (χ0v) is 20.5. The minimum atomic E-state index is -3.60. The summed E-state index contributed by atoms with van der Waals surface area (Å²) in [5.74, 6) is 2.35. The molecule has 176 valence electrons. The number of carbonyl (C=O) groups is 1. The summed E-state index contributed by atoms with van der Waals surface area (Å²) in [6, 6.07) is 5.16. The first-order chi connectivity index (χ1) is 15.2. The Hall–Kier alpha value is -1.60. The second-order valence-corrected chi connectivity index (χ2v) is 13.3. The number of rotatable bonds is 6. The van der Waals surface area contributed by atoms with Crippen LogP contribution in [0.3, 0.4) is 0 Å². The van der Waals surface area contributed by atoms with Crippen molar-refractivity contribution in [2.24, 2.45) is 23.2 Å². The Kier molecular flexibility index (Phi) is 5.56. The minimum absolute atomic E-state index is 0.101. The summed E-state index contributed by atoms with van der Waals surface area (Å²) < 4.78 is 26.7. The molecule has 1 aliphatic heterocycles. The Balaban J connectivity index is 1.44. The van der Waals surface area contributed by atoms with Crippen LogP contribution in [0, 0.1) is 23.2 Å². The fourth-order valence-electron chi connectivity index (χ4n) is 7.44. The lowest BCUT2D eigenvalue weighted by atomic mass is 9.48. The van der Waals surface area contributed by atoms with Crippen molar-refractivity contribution in [3.8, 4) is 0 Å². The minimum Gasteiger partial charge on any atom is -0.371 e. The van der Waals surface area contributed by atoms with Crippen LogP contribution in [0.25, 0.3) is 0 Å². The highest BCUT2D eigenvalue weighted by atomic mass is 32.2. The lowest BCUT2D eigenvalue weighted by molar-refractivity contribution is -0.0688. The van der Waals surface area contributed by atoms with Gasteiger partial charge in [0.15, 0.2) is 0 Å². The molecule has 1 heterocycles. The fourth-order valence-corrected chi connectivity index (χ4v) is 8.37. The van der Waals surface area contributed by atoms with Crippen LogP contribution in [-0.4, -0.2) is 51.9 Å². The van der Waals surface area contributed by atoms with Crippen molar-refractivity contribution < 1.29 is 13.2 Å². The molecule has 1 atom stereocenters. The first kappa shape index (κ1) is 22.2. The molecule has 6 rings (SSSR count). The van der Waals surface area contributed by atoms with Gasteiger partial charge in [0.25, 0.3) is 5.91 Å². The van der Waals surface area contributed by atoms with E-state index in [-0.39, 0.29) is 22.3 Å². The number of amides is 1. The number of anilines is 1. The van der Waals surface area contributed by atoms with E-state index in [0.717, 1.165) is 49.4 Å². The van der Waals surface area contributed by atoms with Gasteiger partial charge in [-0.05, 0) is 99.7 Å². The molecule has 1 unspecified atom stereocenters. The maximum Gasteiger partial charge on any atom is 0.253 e. The van der Waals surface area contributed by atoms with Crippen molar-refractivity contribution in [3.63, 3.8) is 0 Å². The maximum absolute atomic E-state index is 13.6. The van der Waals surface area contributed by atoms with Gasteiger partial charge in [0.1, 0.15) is 0 Å². The van der Waals surface area contributed by atoms with Gasteiger partial charge in [-0.1, -0.05) is 0 Å². The van der Waals surface area contributed by atoms with E-state index in [1.54, 1.807) is 12.1 Å². The standard InChI is InChI=1S/C25H37N3O3S/c1-17(25-14-18-10-19(15-25)12-20(11-18)16-25)26-24(29)22-13-21(32(30,31)27(2)3)6-7-23(22)28-8-4-5-9-28/h6-7,13,17-20H,4-5,8-12,14-16H2,1-3H3,(H,26,29). The van der Waals surface area contributed by atoms with E-state index in [2.05, 4.69) is 17.1 Å². The highest BCUT2D eigenvalue weighted by Gasteiger charge is 2.53. The van der Waals surface area contributed by atoms with Gasteiger partial charge in [-0.3, -0.25) is 4.79 Å². The Morgan fingerprint density at radius 3 is 2.16 bits per heavy atom. The lowest BCUT2D eigenvalue weighted by Crippen LogP contribution is -2.55. The van der Waals surface area contributed by atoms with E-state index in [0.29, 0.717) is 5.56 Å². The molecule has 0 spiro atoms. The monoisotopic (exact) mass is 459 g/mol. The lowest BCUT2D eigenvalue weighted by Gasteiger charge is -2.59. The van der Waals surface area contributed by atoms with Crippen LogP contribution < -0.4 is 10.2 Å². The molecule has 4 saturated carbocycles. The smallest absolute Gasteiger partial charge is 0.253 e. The highest BCUT2D eigenvalue weighted by Crippen LogP contribution is 2.61. The van der Waals surface area contributed by atoms with Crippen LogP contribution in [0.4, 0.5) is 5.69 Å². The molecule has 1 saturated heterocycles. The molecular weight excluding hydrogens is 422 g/mol. The van der Waals surface area contributed by atoms with Gasteiger partial charge < -0.3 is 10.2 Å². The number of carbonyl (C=O) groups excluding carboxylic acids is 1. The largest absolute Gasteiger partial charge is 0.371 e. The van der Waals surface area contributed by atoms with Gasteiger partial charge >= 0.3 is 0 Å². The van der Waals surface area contributed by atoms with Crippen LogP contribution in [-0.2, 0) is 10.0 Å². The molecule has 1 amide bonds. The summed E-state index contributed by atoms with van der Waals surface area (Å²) in [6.45, 7) is 4.00. The molecule has 1 N–H and O–H groups in total. The van der Waals surface area contributed by atoms with E-state index in [4.69, 9.17) is 0 Å². The van der Waals surface area contributed by atoms with Crippen LogP contribution in [0.2, 0.25) is 0 Å². The molecule has 4 aliphatic carbocycles. The van der Waals surface area contributed by atoms with Crippen molar-refractivity contribution in [1.82, 2.24) is 9.62 Å². The zero-order valence-electron chi connectivity index (χ0n) is 19.6. The summed E-state index contributed by atoms with van der Waals surface area (Å²) in [5, 5.41) is 3.35. The average Bonchev–Trinajstić information content (AvgIpc) is 3.27. The van der Waals surface area contributed by atoms with Gasteiger partial charge in [0.2, 0.25) is 10.0 Å².